The molecule has 0 aliphatic rings. The summed E-state index contributed by atoms with van der Waals surface area (Å²) in [4.78, 5) is 3.91. The summed E-state index contributed by atoms with van der Waals surface area (Å²) in [6.45, 7) is 5.64. The highest BCUT2D eigenvalue weighted by Crippen LogP contribution is 2.34. The number of nitrogens with zero attached hydrogens (tertiary/aromatic N) is 2. The molecule has 3 rings (SSSR count). The second-order valence-corrected chi connectivity index (χ2v) is 5.87. The van der Waals surface area contributed by atoms with Crippen LogP contribution in [0.5, 0.6) is 0 Å². The van der Waals surface area contributed by atoms with E-state index in [-0.39, 0.29) is 0 Å². The van der Waals surface area contributed by atoms with Crippen LogP contribution in [0.1, 0.15) is 22.4 Å². The molecule has 0 spiro atoms. The number of para-hydroxylation sites is 1. The summed E-state index contributed by atoms with van der Waals surface area (Å²) in [6.07, 6.45) is -3.41. The van der Waals surface area contributed by atoms with E-state index in [9.17, 15) is 13.2 Å². The predicted molar refractivity (Wildman–Crippen MR) is 88.2 cm³/mol. The maximum absolute atomic E-state index is 13.2. The highest BCUT2D eigenvalue weighted by atomic mass is 19.4. The number of hydrogen-bond donors (Lipinski definition) is 0. The zero-order chi connectivity index (χ0) is 17.5. The molecular weight excluding hydrogens is 313 g/mol. The van der Waals surface area contributed by atoms with E-state index in [2.05, 4.69) is 4.98 Å². The summed E-state index contributed by atoms with van der Waals surface area (Å²) in [7, 11) is 0. The minimum Gasteiger partial charge on any atom is -0.299 e. The fraction of sp³-hybridized carbons (Fsp3) is 0.211. The minimum atomic E-state index is -4.49. The summed E-state index contributed by atoms with van der Waals surface area (Å²) in [5.41, 5.74) is 3.22. The standard InChI is InChI=1S/C19H17F3N2/c1-12-7-4-5-10-15(12)18-23-16(19(20,21)22)11-24(18)17-13(2)8-6-9-14(17)3/h4-11H,1-3H3. The molecule has 0 aliphatic heterocycles. The average molecular weight is 330 g/mol. The first kappa shape index (κ1) is 16.3. The highest BCUT2D eigenvalue weighted by Gasteiger charge is 2.35. The van der Waals surface area contributed by atoms with Crippen LogP contribution in [0.25, 0.3) is 17.1 Å². The molecule has 124 valence electrons. The van der Waals surface area contributed by atoms with Crippen molar-refractivity contribution in [3.05, 3.63) is 71.0 Å². The summed E-state index contributed by atoms with van der Waals surface area (Å²) >= 11 is 0. The van der Waals surface area contributed by atoms with Crippen LogP contribution < -0.4 is 0 Å². The second-order valence-electron chi connectivity index (χ2n) is 5.87. The number of alkyl halides is 3. The Bertz CT molecular complexity index is 872. The smallest absolute Gasteiger partial charge is 0.299 e. The van der Waals surface area contributed by atoms with Crippen molar-refractivity contribution in [1.82, 2.24) is 9.55 Å². The third kappa shape index (κ3) is 2.82. The summed E-state index contributed by atoms with van der Waals surface area (Å²) in [6, 6.07) is 13.0. The zero-order valence-corrected chi connectivity index (χ0v) is 13.6. The van der Waals surface area contributed by atoms with Crippen LogP contribution in [0.2, 0.25) is 0 Å². The lowest BCUT2D eigenvalue weighted by atomic mass is 10.1. The van der Waals surface area contributed by atoms with E-state index in [1.165, 1.54) is 0 Å². The Labute approximate surface area is 138 Å². The van der Waals surface area contributed by atoms with Gasteiger partial charge in [-0.15, -0.1) is 0 Å². The van der Waals surface area contributed by atoms with E-state index in [1.54, 1.807) is 16.7 Å². The second kappa shape index (κ2) is 5.82. The normalized spacial score (nSPS) is 11.8. The Kier molecular flexibility index (Phi) is 3.95. The first-order chi connectivity index (χ1) is 11.3. The number of aryl methyl sites for hydroxylation is 3. The van der Waals surface area contributed by atoms with E-state index in [4.69, 9.17) is 0 Å². The third-order valence-corrected chi connectivity index (χ3v) is 4.06. The van der Waals surface area contributed by atoms with Crippen molar-refractivity contribution >= 4 is 0 Å². The lowest BCUT2D eigenvalue weighted by molar-refractivity contribution is -0.140. The van der Waals surface area contributed by atoms with Crippen molar-refractivity contribution in [1.29, 1.82) is 0 Å². The average Bonchev–Trinajstić information content (AvgIpc) is 2.92. The molecule has 0 radical (unpaired) electrons. The zero-order valence-electron chi connectivity index (χ0n) is 13.6. The lowest BCUT2D eigenvalue weighted by Gasteiger charge is -2.14. The molecule has 1 heterocycles. The van der Waals surface area contributed by atoms with Crippen LogP contribution in [0.15, 0.2) is 48.7 Å². The van der Waals surface area contributed by atoms with Crippen LogP contribution in [0.3, 0.4) is 0 Å². The molecule has 0 fully saturated rings. The summed E-state index contributed by atoms with van der Waals surface area (Å²) in [5.74, 6) is 0.304. The number of aromatic nitrogens is 2. The van der Waals surface area contributed by atoms with Gasteiger partial charge in [0.2, 0.25) is 0 Å². The van der Waals surface area contributed by atoms with Gasteiger partial charge in [-0.1, -0.05) is 42.5 Å². The van der Waals surface area contributed by atoms with E-state index in [0.717, 1.165) is 28.6 Å². The molecule has 0 N–H and O–H groups in total. The van der Waals surface area contributed by atoms with Gasteiger partial charge in [-0.2, -0.15) is 13.2 Å². The van der Waals surface area contributed by atoms with Gasteiger partial charge in [0.1, 0.15) is 5.82 Å². The molecule has 0 amide bonds. The summed E-state index contributed by atoms with van der Waals surface area (Å²) < 4.78 is 41.3. The van der Waals surface area contributed by atoms with Crippen molar-refractivity contribution in [2.45, 2.75) is 26.9 Å². The van der Waals surface area contributed by atoms with E-state index < -0.39 is 11.9 Å². The fourth-order valence-electron chi connectivity index (χ4n) is 2.89. The Morgan fingerprint density at radius 3 is 2.00 bits per heavy atom. The molecule has 2 aromatic carbocycles. The fourth-order valence-corrected chi connectivity index (χ4v) is 2.89. The number of benzene rings is 2. The third-order valence-electron chi connectivity index (χ3n) is 4.06. The number of rotatable bonds is 2. The first-order valence-corrected chi connectivity index (χ1v) is 7.58. The number of halogens is 3. The molecule has 0 atom stereocenters. The van der Waals surface area contributed by atoms with E-state index in [0.29, 0.717) is 11.4 Å². The van der Waals surface area contributed by atoms with Gasteiger partial charge < -0.3 is 0 Å². The molecule has 0 saturated carbocycles. The maximum Gasteiger partial charge on any atom is 0.434 e. The van der Waals surface area contributed by atoms with Gasteiger partial charge in [-0.25, -0.2) is 4.98 Å². The van der Waals surface area contributed by atoms with Crippen molar-refractivity contribution in [2.24, 2.45) is 0 Å². The van der Waals surface area contributed by atoms with Gasteiger partial charge in [0.05, 0.1) is 5.69 Å². The van der Waals surface area contributed by atoms with Crippen molar-refractivity contribution in [2.75, 3.05) is 0 Å². The number of imidazole rings is 1. The van der Waals surface area contributed by atoms with Gasteiger partial charge in [-0.05, 0) is 37.5 Å². The first-order valence-electron chi connectivity index (χ1n) is 7.58. The molecule has 0 aliphatic carbocycles. The highest BCUT2D eigenvalue weighted by molar-refractivity contribution is 5.65. The molecular formula is C19H17F3N2. The molecule has 24 heavy (non-hydrogen) atoms. The largest absolute Gasteiger partial charge is 0.434 e. The van der Waals surface area contributed by atoms with Crippen LogP contribution >= 0.6 is 0 Å². The van der Waals surface area contributed by atoms with Crippen molar-refractivity contribution in [3.63, 3.8) is 0 Å². The van der Waals surface area contributed by atoms with Gasteiger partial charge in [0, 0.05) is 11.8 Å². The minimum absolute atomic E-state index is 0.304. The van der Waals surface area contributed by atoms with Crippen LogP contribution in [-0.2, 0) is 6.18 Å². The molecule has 0 unspecified atom stereocenters. The predicted octanol–water partition coefficient (Wildman–Crippen LogP) is 5.48. The van der Waals surface area contributed by atoms with Gasteiger partial charge in [0.15, 0.2) is 5.69 Å². The quantitative estimate of drug-likeness (QED) is 0.608. The topological polar surface area (TPSA) is 17.8 Å². The molecule has 0 bridgehead atoms. The monoisotopic (exact) mass is 330 g/mol. The van der Waals surface area contributed by atoms with Crippen molar-refractivity contribution in [3.8, 4) is 17.1 Å². The molecule has 5 heteroatoms. The molecule has 2 nitrogen and oxygen atoms in total. The van der Waals surface area contributed by atoms with Crippen LogP contribution in [0, 0.1) is 20.8 Å². The molecule has 1 aromatic heterocycles. The van der Waals surface area contributed by atoms with Gasteiger partial charge in [-0.3, -0.25) is 4.57 Å². The Morgan fingerprint density at radius 2 is 1.42 bits per heavy atom. The van der Waals surface area contributed by atoms with E-state index >= 15 is 0 Å². The number of hydrogen-bond acceptors (Lipinski definition) is 1. The Hall–Kier alpha value is -2.56. The molecule has 0 saturated heterocycles. The Balaban J connectivity index is 2.33. The summed E-state index contributed by atoms with van der Waals surface area (Å²) in [5, 5.41) is 0. The van der Waals surface area contributed by atoms with Gasteiger partial charge in [0.25, 0.3) is 0 Å². The SMILES string of the molecule is Cc1ccccc1-c1nc(C(F)(F)F)cn1-c1c(C)cccc1C. The van der Waals surface area contributed by atoms with E-state index in [1.807, 2.05) is 51.1 Å². The van der Waals surface area contributed by atoms with Crippen molar-refractivity contribution < 1.29 is 13.2 Å². The lowest BCUT2D eigenvalue weighted by Crippen LogP contribution is -2.05. The molecule has 3 aromatic rings. The van der Waals surface area contributed by atoms with Crippen LogP contribution in [0.4, 0.5) is 13.2 Å². The maximum atomic E-state index is 13.2. The van der Waals surface area contributed by atoms with Crippen LogP contribution in [-0.4, -0.2) is 9.55 Å². The Morgan fingerprint density at radius 1 is 0.833 bits per heavy atom. The van der Waals surface area contributed by atoms with Gasteiger partial charge >= 0.3 is 6.18 Å².